The molecule has 1 N–H and O–H groups in total. The smallest absolute Gasteiger partial charge is 0.464 e. The summed E-state index contributed by atoms with van der Waals surface area (Å²) in [4.78, 5) is 20.5. The molecule has 0 aromatic carbocycles. The summed E-state index contributed by atoms with van der Waals surface area (Å²) in [5.74, 6) is -2.77. The van der Waals surface area contributed by atoms with E-state index in [1.165, 1.54) is 0 Å². The molecule has 0 bridgehead atoms. The molecule has 2 unspecified atom stereocenters. The van der Waals surface area contributed by atoms with Crippen molar-refractivity contribution < 1.29 is 23.7 Å². The lowest BCUT2D eigenvalue weighted by Gasteiger charge is -1.93. The van der Waals surface area contributed by atoms with Crippen molar-refractivity contribution in [2.24, 2.45) is 5.18 Å². The molecule has 7 nitrogen and oxygen atoms in total. The van der Waals surface area contributed by atoms with Crippen LogP contribution in [0.2, 0.25) is 0 Å². The molecule has 0 fully saturated rings. The molecule has 0 saturated heterocycles. The van der Waals surface area contributed by atoms with Crippen LogP contribution in [0.4, 0.5) is 0 Å². The standard InChI is InChI=1S/C4H7NO6P/c1-10-4(7)3(5-8)12(9)11-2-6/h3,6H,2H2,1H3/q+1. The normalized spacial score (nSPS) is 13.3. The number of esters is 1. The first-order chi connectivity index (χ1) is 5.67. The van der Waals surface area contributed by atoms with Gasteiger partial charge in [-0.2, -0.15) is 0 Å². The minimum atomic E-state index is -2.64. The highest BCUT2D eigenvalue weighted by Crippen LogP contribution is 2.30. The van der Waals surface area contributed by atoms with Crippen LogP contribution in [0.5, 0.6) is 0 Å². The number of ether oxygens (including phenoxy) is 1. The summed E-state index contributed by atoms with van der Waals surface area (Å²) >= 11 is 0. The Hall–Kier alpha value is -0.910. The van der Waals surface area contributed by atoms with Gasteiger partial charge in [-0.25, -0.2) is 4.79 Å². The van der Waals surface area contributed by atoms with Gasteiger partial charge in [0, 0.05) is 5.18 Å². The Morgan fingerprint density at radius 1 is 1.75 bits per heavy atom. The van der Waals surface area contributed by atoms with Gasteiger partial charge in [-0.3, -0.25) is 0 Å². The molecular weight excluding hydrogens is 189 g/mol. The molecule has 0 aromatic rings. The topological polar surface area (TPSA) is 102 Å². The SMILES string of the molecule is COC(=O)C(N=O)[P+](=O)OCO. The van der Waals surface area contributed by atoms with E-state index in [1.807, 2.05) is 0 Å². The van der Waals surface area contributed by atoms with Crippen LogP contribution in [0.1, 0.15) is 0 Å². The molecule has 0 amide bonds. The second kappa shape index (κ2) is 5.70. The summed E-state index contributed by atoms with van der Waals surface area (Å²) in [5, 5.41) is 10.4. The van der Waals surface area contributed by atoms with Gasteiger partial charge in [-0.05, 0) is 4.57 Å². The van der Waals surface area contributed by atoms with E-state index in [2.05, 4.69) is 14.4 Å². The Balaban J connectivity index is 4.23. The molecule has 2 atom stereocenters. The molecule has 8 heteroatoms. The highest BCUT2D eigenvalue weighted by Gasteiger charge is 2.42. The summed E-state index contributed by atoms with van der Waals surface area (Å²) < 4.78 is 18.9. The van der Waals surface area contributed by atoms with E-state index in [0.717, 1.165) is 7.11 Å². The highest BCUT2D eigenvalue weighted by atomic mass is 31.1. The van der Waals surface area contributed by atoms with Crippen LogP contribution in [0.25, 0.3) is 0 Å². The minimum absolute atomic E-state index is 0.849. The average Bonchev–Trinajstić information content (AvgIpc) is 2.06. The summed E-state index contributed by atoms with van der Waals surface area (Å²) in [7, 11) is -1.63. The van der Waals surface area contributed by atoms with Gasteiger partial charge >= 0.3 is 19.8 Å². The first-order valence-corrected chi connectivity index (χ1v) is 4.02. The second-order valence-corrected chi connectivity index (χ2v) is 2.86. The minimum Gasteiger partial charge on any atom is -0.464 e. The second-order valence-electron chi connectivity index (χ2n) is 1.55. The van der Waals surface area contributed by atoms with Crippen LogP contribution >= 0.6 is 8.03 Å². The third-order valence-electron chi connectivity index (χ3n) is 0.897. The van der Waals surface area contributed by atoms with Gasteiger partial charge in [-0.15, -0.1) is 9.43 Å². The van der Waals surface area contributed by atoms with Crippen molar-refractivity contribution in [2.45, 2.75) is 5.78 Å². The predicted octanol–water partition coefficient (Wildman–Crippen LogP) is -0.0393. The van der Waals surface area contributed by atoms with E-state index in [0.29, 0.717) is 0 Å². The molecule has 0 radical (unpaired) electrons. The summed E-state index contributed by atoms with van der Waals surface area (Å²) in [5.41, 5.74) is 0. The summed E-state index contributed by atoms with van der Waals surface area (Å²) in [6.45, 7) is -0.849. The first-order valence-electron chi connectivity index (χ1n) is 2.77. The number of hydrogen-bond acceptors (Lipinski definition) is 7. The van der Waals surface area contributed by atoms with E-state index in [9.17, 15) is 14.3 Å². The zero-order chi connectivity index (χ0) is 9.56. The van der Waals surface area contributed by atoms with Crippen molar-refractivity contribution in [2.75, 3.05) is 13.9 Å². The lowest BCUT2D eigenvalue weighted by molar-refractivity contribution is -0.140. The van der Waals surface area contributed by atoms with Crippen LogP contribution in [0.3, 0.4) is 0 Å². The Kier molecular flexibility index (Phi) is 5.27. The first kappa shape index (κ1) is 11.1. The van der Waals surface area contributed by atoms with Gasteiger partial charge in [0.15, 0.2) is 6.79 Å². The van der Waals surface area contributed by atoms with Crippen molar-refractivity contribution in [3.63, 3.8) is 0 Å². The van der Waals surface area contributed by atoms with E-state index in [1.54, 1.807) is 0 Å². The van der Waals surface area contributed by atoms with Crippen molar-refractivity contribution in [1.29, 1.82) is 0 Å². The molecule has 0 aromatic heterocycles. The van der Waals surface area contributed by atoms with Crippen LogP contribution in [-0.2, 0) is 18.6 Å². The maximum atomic E-state index is 10.7. The molecular formula is C4H7NO6P+. The quantitative estimate of drug-likeness (QED) is 0.286. The third kappa shape index (κ3) is 3.00. The van der Waals surface area contributed by atoms with E-state index >= 15 is 0 Å². The number of methoxy groups -OCH3 is 1. The molecule has 0 aliphatic heterocycles. The van der Waals surface area contributed by atoms with Crippen LogP contribution in [0.15, 0.2) is 5.18 Å². The fraction of sp³-hybridized carbons (Fsp3) is 0.750. The van der Waals surface area contributed by atoms with Crippen LogP contribution < -0.4 is 0 Å². The van der Waals surface area contributed by atoms with Gasteiger partial charge in [0.05, 0.1) is 7.11 Å². The largest absolute Gasteiger partial charge is 0.553 e. The zero-order valence-electron chi connectivity index (χ0n) is 6.17. The molecule has 68 valence electrons. The maximum absolute atomic E-state index is 10.7. The Bertz CT molecular complexity index is 194. The number of carbonyl (C=O) groups excluding carboxylic acids is 1. The van der Waals surface area contributed by atoms with Gasteiger partial charge in [-0.1, -0.05) is 0 Å². The summed E-state index contributed by atoms with van der Waals surface area (Å²) in [6, 6.07) is 0. The van der Waals surface area contributed by atoms with Crippen molar-refractivity contribution in [1.82, 2.24) is 0 Å². The Labute approximate surface area is 68.5 Å². The van der Waals surface area contributed by atoms with Crippen molar-refractivity contribution in [3.05, 3.63) is 4.91 Å². The van der Waals surface area contributed by atoms with E-state index in [-0.39, 0.29) is 0 Å². The number of nitrogens with zero attached hydrogens (tertiary/aromatic N) is 1. The molecule has 0 aliphatic carbocycles. The van der Waals surface area contributed by atoms with Crippen LogP contribution in [0, 0.1) is 4.91 Å². The fourth-order valence-corrected chi connectivity index (χ4v) is 1.01. The molecule has 0 spiro atoms. The van der Waals surface area contributed by atoms with Crippen LogP contribution in [-0.4, -0.2) is 30.8 Å². The number of carbonyl (C=O) groups is 1. The number of hydrogen-bond donors (Lipinski definition) is 1. The molecule has 0 heterocycles. The highest BCUT2D eigenvalue weighted by molar-refractivity contribution is 7.41. The average molecular weight is 196 g/mol. The van der Waals surface area contributed by atoms with Gasteiger partial charge in [0.2, 0.25) is 0 Å². The number of aliphatic hydroxyl groups is 1. The van der Waals surface area contributed by atoms with Crippen molar-refractivity contribution in [3.8, 4) is 0 Å². The Morgan fingerprint density at radius 3 is 2.67 bits per heavy atom. The van der Waals surface area contributed by atoms with Crippen molar-refractivity contribution >= 4 is 14.0 Å². The lowest BCUT2D eigenvalue weighted by atomic mass is 10.7. The molecule has 0 aliphatic rings. The third-order valence-corrected chi connectivity index (χ3v) is 1.97. The zero-order valence-corrected chi connectivity index (χ0v) is 7.06. The maximum Gasteiger partial charge on any atom is 0.553 e. The fourth-order valence-electron chi connectivity index (χ4n) is 0.401. The lowest BCUT2D eigenvalue weighted by Crippen LogP contribution is -2.16. The monoisotopic (exact) mass is 196 g/mol. The van der Waals surface area contributed by atoms with Gasteiger partial charge in [0.1, 0.15) is 0 Å². The number of rotatable bonds is 5. The van der Waals surface area contributed by atoms with E-state index in [4.69, 9.17) is 5.11 Å². The predicted molar refractivity (Wildman–Crippen MR) is 37.4 cm³/mol. The molecule has 0 rings (SSSR count). The Morgan fingerprint density at radius 2 is 2.33 bits per heavy atom. The summed E-state index contributed by atoms with van der Waals surface area (Å²) in [6.07, 6.45) is 0. The van der Waals surface area contributed by atoms with Gasteiger partial charge < -0.3 is 9.84 Å². The van der Waals surface area contributed by atoms with E-state index < -0.39 is 26.6 Å². The van der Waals surface area contributed by atoms with Gasteiger partial charge in [0.25, 0.3) is 0 Å². The number of nitroso groups, excluding NO2 is 1. The molecule has 0 saturated carbocycles. The number of aliphatic hydroxyl groups excluding tert-OH is 1. The molecule has 12 heavy (non-hydrogen) atoms.